The lowest BCUT2D eigenvalue weighted by atomic mass is 9.90. The number of carbonyl (C=O) groups is 1. The lowest BCUT2D eigenvalue weighted by Gasteiger charge is -2.40. The van der Waals surface area contributed by atoms with Crippen LogP contribution in [-0.4, -0.2) is 20.2 Å². The van der Waals surface area contributed by atoms with Crippen LogP contribution in [0.5, 0.6) is 0 Å². The maximum atomic E-state index is 11.3. The third kappa shape index (κ3) is 8.35. The average Bonchev–Trinajstić information content (AvgIpc) is 2.58. The van der Waals surface area contributed by atoms with Crippen molar-refractivity contribution in [1.29, 1.82) is 0 Å². The molecule has 0 N–H and O–H groups in total. The highest BCUT2D eigenvalue weighted by molar-refractivity contribution is 14.1. The number of aldehydes is 1. The van der Waals surface area contributed by atoms with Crippen LogP contribution >= 0.6 is 22.6 Å². The quantitative estimate of drug-likeness (QED) is 0.121. The van der Waals surface area contributed by atoms with E-state index in [-0.39, 0.29) is 0 Å². The zero-order chi connectivity index (χ0) is 19.5. The van der Waals surface area contributed by atoms with Crippen molar-refractivity contribution in [3.8, 4) is 0 Å². The van der Waals surface area contributed by atoms with Gasteiger partial charge in [0.1, 0.15) is 6.29 Å². The summed E-state index contributed by atoms with van der Waals surface area (Å²) in [4.78, 5) is 11.3. The summed E-state index contributed by atoms with van der Waals surface area (Å²) in [5.41, 5.74) is 1.72. The van der Waals surface area contributed by atoms with Gasteiger partial charge in [-0.15, -0.1) is 0 Å². The van der Waals surface area contributed by atoms with E-state index in [2.05, 4.69) is 86.9 Å². The van der Waals surface area contributed by atoms with Crippen LogP contribution in [0.15, 0.2) is 34.0 Å². The molecule has 0 bridgehead atoms. The standard InChI is InChI=1S/C21H37IO2Si/c1-8-25(9-2,10-3)24-21(7,13-15-23)20(6)17-19(5)16-18(4)12-11-14-22/h11,14-15,17-18H,5,8-10,12-13,16H2,1-4,6-7H3/b14-11+,20-17+/t18-,21-/m0/s1. The molecule has 4 heteroatoms. The molecular weight excluding hydrogens is 439 g/mol. The van der Waals surface area contributed by atoms with Gasteiger partial charge in [0.25, 0.3) is 0 Å². The van der Waals surface area contributed by atoms with E-state index in [0.29, 0.717) is 12.3 Å². The Hall–Kier alpha value is -0.203. The number of halogens is 1. The molecule has 0 saturated carbocycles. The van der Waals surface area contributed by atoms with Gasteiger partial charge in [-0.2, -0.15) is 0 Å². The van der Waals surface area contributed by atoms with Crippen LogP contribution in [0.2, 0.25) is 18.1 Å². The second-order valence-electron chi connectivity index (χ2n) is 7.34. The smallest absolute Gasteiger partial charge is 0.193 e. The predicted molar refractivity (Wildman–Crippen MR) is 122 cm³/mol. The molecule has 0 rings (SSSR count). The van der Waals surface area contributed by atoms with E-state index in [9.17, 15) is 4.79 Å². The summed E-state index contributed by atoms with van der Waals surface area (Å²) in [6, 6.07) is 3.26. The van der Waals surface area contributed by atoms with Crippen molar-refractivity contribution in [2.24, 2.45) is 5.92 Å². The van der Waals surface area contributed by atoms with E-state index in [4.69, 9.17) is 4.43 Å². The summed E-state index contributed by atoms with van der Waals surface area (Å²) in [7, 11) is -1.79. The van der Waals surface area contributed by atoms with Crippen LogP contribution in [-0.2, 0) is 9.22 Å². The van der Waals surface area contributed by atoms with Gasteiger partial charge < -0.3 is 9.22 Å². The van der Waals surface area contributed by atoms with Gasteiger partial charge in [0.15, 0.2) is 8.32 Å². The summed E-state index contributed by atoms with van der Waals surface area (Å²) < 4.78 is 8.80. The Morgan fingerprint density at radius 3 is 2.28 bits per heavy atom. The van der Waals surface area contributed by atoms with E-state index in [1.165, 1.54) is 0 Å². The van der Waals surface area contributed by atoms with Gasteiger partial charge in [-0.1, -0.05) is 74.6 Å². The molecule has 0 aliphatic carbocycles. The first-order valence-electron chi connectivity index (χ1n) is 9.48. The fourth-order valence-electron chi connectivity index (χ4n) is 3.22. The molecule has 0 spiro atoms. The van der Waals surface area contributed by atoms with Gasteiger partial charge in [-0.25, -0.2) is 0 Å². The van der Waals surface area contributed by atoms with Crippen molar-refractivity contribution in [3.63, 3.8) is 0 Å². The third-order valence-corrected chi connectivity index (χ3v) is 10.6. The van der Waals surface area contributed by atoms with E-state index in [1.807, 2.05) is 0 Å². The van der Waals surface area contributed by atoms with Crippen molar-refractivity contribution >= 4 is 37.2 Å². The van der Waals surface area contributed by atoms with Gasteiger partial charge in [0.05, 0.1) is 5.60 Å². The molecule has 2 atom stereocenters. The molecule has 0 aliphatic heterocycles. The molecule has 0 saturated heterocycles. The number of carbonyl (C=O) groups excluding carboxylic acids is 1. The Morgan fingerprint density at radius 2 is 1.84 bits per heavy atom. The molecule has 2 nitrogen and oxygen atoms in total. The van der Waals surface area contributed by atoms with Gasteiger partial charge in [0.2, 0.25) is 0 Å². The highest BCUT2D eigenvalue weighted by atomic mass is 127. The molecule has 0 aromatic rings. The normalized spacial score (nSPS) is 16.7. The molecule has 0 heterocycles. The number of hydrogen-bond acceptors (Lipinski definition) is 2. The predicted octanol–water partition coefficient (Wildman–Crippen LogP) is 7.22. The van der Waals surface area contributed by atoms with E-state index >= 15 is 0 Å². The Bertz CT molecular complexity index is 472. The Morgan fingerprint density at radius 1 is 1.28 bits per heavy atom. The SMILES string of the molecule is C=C(/C=C(\C)[C@](C)(CC=O)O[Si](CC)(CC)CC)C[C@@H](C)C/C=C/I. The minimum Gasteiger partial charge on any atom is -0.408 e. The topological polar surface area (TPSA) is 26.3 Å². The van der Waals surface area contributed by atoms with Crippen LogP contribution in [0.3, 0.4) is 0 Å². The molecule has 25 heavy (non-hydrogen) atoms. The zero-order valence-electron chi connectivity index (χ0n) is 17.0. The van der Waals surface area contributed by atoms with Crippen molar-refractivity contribution in [3.05, 3.63) is 34.0 Å². The lowest BCUT2D eigenvalue weighted by molar-refractivity contribution is -0.110. The van der Waals surface area contributed by atoms with E-state index in [1.54, 1.807) is 0 Å². The molecule has 0 amide bonds. The van der Waals surface area contributed by atoms with Crippen LogP contribution in [0, 0.1) is 5.92 Å². The van der Waals surface area contributed by atoms with Crippen LogP contribution in [0.4, 0.5) is 0 Å². The van der Waals surface area contributed by atoms with Gasteiger partial charge in [-0.05, 0) is 60.4 Å². The molecule has 144 valence electrons. The van der Waals surface area contributed by atoms with Crippen molar-refractivity contribution in [2.45, 2.75) is 84.5 Å². The first-order valence-corrected chi connectivity index (χ1v) is 13.3. The third-order valence-electron chi connectivity index (χ3n) is 5.34. The van der Waals surface area contributed by atoms with E-state index < -0.39 is 13.9 Å². The lowest BCUT2D eigenvalue weighted by Crippen LogP contribution is -2.46. The first kappa shape index (κ1) is 24.8. The summed E-state index contributed by atoms with van der Waals surface area (Å²) in [6.07, 6.45) is 7.77. The van der Waals surface area contributed by atoms with E-state index in [0.717, 1.165) is 48.4 Å². The largest absolute Gasteiger partial charge is 0.408 e. The molecule has 0 radical (unpaired) electrons. The monoisotopic (exact) mass is 476 g/mol. The van der Waals surface area contributed by atoms with Gasteiger partial charge >= 0.3 is 0 Å². The molecule has 0 aromatic heterocycles. The molecular formula is C21H37IO2Si. The van der Waals surface area contributed by atoms with Crippen LogP contribution < -0.4 is 0 Å². The fourth-order valence-corrected chi connectivity index (χ4v) is 6.65. The van der Waals surface area contributed by atoms with Gasteiger partial charge in [0, 0.05) is 6.42 Å². The summed E-state index contributed by atoms with van der Waals surface area (Å²) in [5.74, 6) is 0.566. The fraction of sp³-hybridized carbons (Fsp3) is 0.667. The van der Waals surface area contributed by atoms with Crippen molar-refractivity contribution in [2.75, 3.05) is 0 Å². The Balaban J connectivity index is 5.33. The highest BCUT2D eigenvalue weighted by Gasteiger charge is 2.38. The second-order valence-corrected chi connectivity index (χ2v) is 12.8. The number of rotatable bonds is 13. The maximum absolute atomic E-state index is 11.3. The molecule has 0 fully saturated rings. The molecule has 0 aromatic carbocycles. The second kappa shape index (κ2) is 12.2. The summed E-state index contributed by atoms with van der Waals surface area (Å²) >= 11 is 2.26. The maximum Gasteiger partial charge on any atom is 0.193 e. The number of hydrogen-bond donors (Lipinski definition) is 0. The highest BCUT2D eigenvalue weighted by Crippen LogP contribution is 2.34. The van der Waals surface area contributed by atoms with Crippen LogP contribution in [0.1, 0.15) is 60.8 Å². The first-order chi connectivity index (χ1) is 11.7. The minimum absolute atomic E-state index is 0.407. The van der Waals surface area contributed by atoms with Crippen molar-refractivity contribution < 1.29 is 9.22 Å². The zero-order valence-corrected chi connectivity index (χ0v) is 20.2. The summed E-state index contributed by atoms with van der Waals surface area (Å²) in [5, 5.41) is 0. The van der Waals surface area contributed by atoms with Gasteiger partial charge in [-0.3, -0.25) is 0 Å². The molecule has 0 aliphatic rings. The Labute approximate surface area is 170 Å². The average molecular weight is 477 g/mol. The number of allylic oxidation sites excluding steroid dienone is 3. The Kier molecular flexibility index (Phi) is 12.1. The minimum atomic E-state index is -1.79. The molecule has 0 unspecified atom stereocenters. The van der Waals surface area contributed by atoms with Crippen molar-refractivity contribution in [1.82, 2.24) is 0 Å². The van der Waals surface area contributed by atoms with Crippen LogP contribution in [0.25, 0.3) is 0 Å². The summed E-state index contributed by atoms with van der Waals surface area (Å²) in [6.45, 7) is 17.3.